The Morgan fingerprint density at radius 1 is 1.17 bits per heavy atom. The van der Waals surface area contributed by atoms with Crippen molar-refractivity contribution in [3.63, 3.8) is 0 Å². The quantitative estimate of drug-likeness (QED) is 0.880. The van der Waals surface area contributed by atoms with E-state index in [-0.39, 0.29) is 29.9 Å². The number of carbonyl (C=O) groups is 1. The van der Waals surface area contributed by atoms with Gasteiger partial charge >= 0.3 is 0 Å². The molecule has 0 aromatic heterocycles. The molecule has 23 heavy (non-hydrogen) atoms. The molecule has 0 radical (unpaired) electrons. The molecular formula is C18H19F2NO2. The Morgan fingerprint density at radius 2 is 1.87 bits per heavy atom. The summed E-state index contributed by atoms with van der Waals surface area (Å²) in [5.74, 6) is -0.708. The van der Waals surface area contributed by atoms with Crippen molar-refractivity contribution < 1.29 is 18.3 Å². The van der Waals surface area contributed by atoms with Crippen molar-refractivity contribution in [3.8, 4) is 5.75 Å². The molecule has 0 aliphatic carbocycles. The lowest BCUT2D eigenvalue weighted by Crippen LogP contribution is -2.26. The van der Waals surface area contributed by atoms with Crippen LogP contribution in [-0.4, -0.2) is 13.0 Å². The number of benzene rings is 2. The second-order valence-corrected chi connectivity index (χ2v) is 5.31. The van der Waals surface area contributed by atoms with Crippen LogP contribution in [0.5, 0.6) is 5.75 Å². The number of aryl methyl sites for hydroxylation is 1. The highest BCUT2D eigenvalue weighted by Crippen LogP contribution is 2.19. The normalized spacial score (nSPS) is 11.8. The molecule has 0 fully saturated rings. The predicted octanol–water partition coefficient (Wildman–Crippen LogP) is 3.78. The smallest absolute Gasteiger partial charge is 0.220 e. The molecule has 5 heteroatoms. The highest BCUT2D eigenvalue weighted by Gasteiger charge is 2.10. The molecule has 3 nitrogen and oxygen atoms in total. The van der Waals surface area contributed by atoms with Crippen LogP contribution in [0.4, 0.5) is 8.78 Å². The van der Waals surface area contributed by atoms with Gasteiger partial charge in [0, 0.05) is 6.42 Å². The third kappa shape index (κ3) is 4.77. The van der Waals surface area contributed by atoms with Gasteiger partial charge in [-0.25, -0.2) is 8.78 Å². The minimum Gasteiger partial charge on any atom is -0.494 e. The van der Waals surface area contributed by atoms with Gasteiger partial charge in [0.05, 0.1) is 13.2 Å². The fourth-order valence-corrected chi connectivity index (χ4v) is 2.27. The van der Waals surface area contributed by atoms with Crippen molar-refractivity contribution in [3.05, 3.63) is 65.2 Å². The number of halogens is 2. The molecule has 1 N–H and O–H groups in total. The summed E-state index contributed by atoms with van der Waals surface area (Å²) in [6.07, 6.45) is 0.681. The average Bonchev–Trinajstić information content (AvgIpc) is 2.53. The van der Waals surface area contributed by atoms with E-state index in [1.165, 1.54) is 25.3 Å². The van der Waals surface area contributed by atoms with Gasteiger partial charge in [0.25, 0.3) is 0 Å². The molecule has 0 saturated carbocycles. The van der Waals surface area contributed by atoms with Gasteiger partial charge in [-0.1, -0.05) is 18.2 Å². The van der Waals surface area contributed by atoms with Gasteiger partial charge in [-0.2, -0.15) is 0 Å². The minimum absolute atomic E-state index is 0.141. The molecule has 0 aliphatic heterocycles. The molecule has 0 bridgehead atoms. The monoisotopic (exact) mass is 319 g/mol. The third-order valence-corrected chi connectivity index (χ3v) is 3.60. The first-order chi connectivity index (χ1) is 11.0. The molecule has 2 aromatic carbocycles. The van der Waals surface area contributed by atoms with Gasteiger partial charge in [0.2, 0.25) is 5.91 Å². The van der Waals surface area contributed by atoms with Crippen LogP contribution in [0.2, 0.25) is 0 Å². The van der Waals surface area contributed by atoms with Gasteiger partial charge in [-0.3, -0.25) is 4.79 Å². The van der Waals surface area contributed by atoms with E-state index in [0.29, 0.717) is 6.42 Å². The Balaban J connectivity index is 1.87. The van der Waals surface area contributed by atoms with E-state index in [1.54, 1.807) is 24.3 Å². The summed E-state index contributed by atoms with van der Waals surface area (Å²) in [5.41, 5.74) is 1.56. The van der Waals surface area contributed by atoms with Crippen LogP contribution in [0.1, 0.15) is 30.5 Å². The number of hydrogen-bond donors (Lipinski definition) is 1. The molecule has 1 amide bonds. The van der Waals surface area contributed by atoms with Crippen molar-refractivity contribution in [1.82, 2.24) is 5.32 Å². The Bertz CT molecular complexity index is 671. The first-order valence-corrected chi connectivity index (χ1v) is 7.37. The van der Waals surface area contributed by atoms with Gasteiger partial charge in [-0.05, 0) is 48.7 Å². The Hall–Kier alpha value is -2.43. The van der Waals surface area contributed by atoms with Crippen LogP contribution in [0.15, 0.2) is 42.5 Å². The number of nitrogens with one attached hydrogen (secondary N) is 1. The van der Waals surface area contributed by atoms with E-state index in [4.69, 9.17) is 4.74 Å². The summed E-state index contributed by atoms with van der Waals surface area (Å²) in [6, 6.07) is 10.4. The summed E-state index contributed by atoms with van der Waals surface area (Å²) in [5, 5.41) is 2.84. The van der Waals surface area contributed by atoms with E-state index in [2.05, 4.69) is 5.32 Å². The molecule has 2 rings (SSSR count). The number of hydrogen-bond acceptors (Lipinski definition) is 2. The summed E-state index contributed by atoms with van der Waals surface area (Å²) in [4.78, 5) is 12.0. The van der Waals surface area contributed by atoms with E-state index >= 15 is 0 Å². The number of methoxy groups -OCH3 is 1. The Kier molecular flexibility index (Phi) is 5.68. The molecular weight excluding hydrogens is 300 g/mol. The fraction of sp³-hybridized carbons (Fsp3) is 0.278. The van der Waals surface area contributed by atoms with Gasteiger partial charge in [0.15, 0.2) is 11.6 Å². The third-order valence-electron chi connectivity index (χ3n) is 3.60. The lowest BCUT2D eigenvalue weighted by Gasteiger charge is -2.14. The highest BCUT2D eigenvalue weighted by molar-refractivity contribution is 5.76. The molecule has 0 spiro atoms. The van der Waals surface area contributed by atoms with Crippen LogP contribution in [-0.2, 0) is 11.2 Å². The molecule has 1 unspecified atom stereocenters. The SMILES string of the molecule is COc1ccc(CCC(=O)NC(C)c2ccc(F)cc2)cc1F. The molecule has 2 aromatic rings. The minimum atomic E-state index is -0.440. The first-order valence-electron chi connectivity index (χ1n) is 7.37. The van der Waals surface area contributed by atoms with Crippen LogP contribution in [0.3, 0.4) is 0 Å². The fourth-order valence-electron chi connectivity index (χ4n) is 2.27. The van der Waals surface area contributed by atoms with Crippen LogP contribution in [0.25, 0.3) is 0 Å². The lowest BCUT2D eigenvalue weighted by molar-refractivity contribution is -0.121. The van der Waals surface area contributed by atoms with Gasteiger partial charge < -0.3 is 10.1 Å². The maximum atomic E-state index is 13.6. The topological polar surface area (TPSA) is 38.3 Å². The zero-order valence-corrected chi connectivity index (χ0v) is 13.1. The number of amides is 1. The maximum absolute atomic E-state index is 13.6. The number of carbonyl (C=O) groups excluding carboxylic acids is 1. The predicted molar refractivity (Wildman–Crippen MR) is 84.2 cm³/mol. The second-order valence-electron chi connectivity index (χ2n) is 5.31. The summed E-state index contributed by atoms with van der Waals surface area (Å²) in [6.45, 7) is 1.83. The second kappa shape index (κ2) is 7.72. The van der Waals surface area contributed by atoms with E-state index in [1.807, 2.05) is 6.92 Å². The zero-order valence-electron chi connectivity index (χ0n) is 13.1. The largest absolute Gasteiger partial charge is 0.494 e. The highest BCUT2D eigenvalue weighted by atomic mass is 19.1. The van der Waals surface area contributed by atoms with E-state index in [0.717, 1.165) is 11.1 Å². The lowest BCUT2D eigenvalue weighted by atomic mass is 10.1. The standard InChI is InChI=1S/C18H19F2NO2/c1-12(14-5-7-15(19)8-6-14)21-18(22)10-4-13-3-9-17(23-2)16(20)11-13/h3,5-9,11-12H,4,10H2,1-2H3,(H,21,22). The maximum Gasteiger partial charge on any atom is 0.220 e. The van der Waals surface area contributed by atoms with Gasteiger partial charge in [-0.15, -0.1) is 0 Å². The Labute approximate surface area is 134 Å². The van der Waals surface area contributed by atoms with Crippen molar-refractivity contribution in [2.75, 3.05) is 7.11 Å². The van der Waals surface area contributed by atoms with Crippen LogP contribution >= 0.6 is 0 Å². The number of ether oxygens (including phenoxy) is 1. The molecule has 1 atom stereocenters. The average molecular weight is 319 g/mol. The molecule has 122 valence electrons. The molecule has 0 heterocycles. The van der Waals surface area contributed by atoms with Crippen molar-refractivity contribution >= 4 is 5.91 Å². The van der Waals surface area contributed by atoms with Crippen molar-refractivity contribution in [2.45, 2.75) is 25.8 Å². The molecule has 0 saturated heterocycles. The van der Waals surface area contributed by atoms with E-state index < -0.39 is 5.82 Å². The summed E-state index contributed by atoms with van der Waals surface area (Å²) >= 11 is 0. The summed E-state index contributed by atoms with van der Waals surface area (Å²) in [7, 11) is 1.41. The first kappa shape index (κ1) is 16.9. The Morgan fingerprint density at radius 3 is 2.48 bits per heavy atom. The zero-order chi connectivity index (χ0) is 16.8. The van der Waals surface area contributed by atoms with Crippen LogP contribution in [0, 0.1) is 11.6 Å². The summed E-state index contributed by atoms with van der Waals surface area (Å²) < 4.78 is 31.3. The van der Waals surface area contributed by atoms with Crippen molar-refractivity contribution in [2.24, 2.45) is 0 Å². The number of rotatable bonds is 6. The van der Waals surface area contributed by atoms with Crippen LogP contribution < -0.4 is 10.1 Å². The van der Waals surface area contributed by atoms with Crippen molar-refractivity contribution in [1.29, 1.82) is 0 Å². The van der Waals surface area contributed by atoms with Gasteiger partial charge in [0.1, 0.15) is 5.82 Å². The molecule has 0 aliphatic rings. The van der Waals surface area contributed by atoms with E-state index in [9.17, 15) is 13.6 Å².